The van der Waals surface area contributed by atoms with Crippen molar-refractivity contribution in [3.05, 3.63) is 98.7 Å². The second-order valence-corrected chi connectivity index (χ2v) is 9.67. The number of nitrogens with zero attached hydrogens (tertiary/aromatic N) is 2. The van der Waals surface area contributed by atoms with E-state index in [4.69, 9.17) is 4.74 Å². The quantitative estimate of drug-likeness (QED) is 0.426. The first-order valence-corrected chi connectivity index (χ1v) is 12.7. The maximum atomic E-state index is 14.1. The second kappa shape index (κ2) is 12.2. The molecule has 4 rings (SSSR count). The van der Waals surface area contributed by atoms with Crippen LogP contribution in [0, 0.1) is 24.4 Å². The highest BCUT2D eigenvalue weighted by Crippen LogP contribution is 2.26. The molecule has 0 spiro atoms. The van der Waals surface area contributed by atoms with Gasteiger partial charge in [0, 0.05) is 49.4 Å². The van der Waals surface area contributed by atoms with Gasteiger partial charge < -0.3 is 19.5 Å². The minimum Gasteiger partial charge on any atom is -0.483 e. The summed E-state index contributed by atoms with van der Waals surface area (Å²) in [4.78, 5) is 53.0. The first-order valence-electron chi connectivity index (χ1n) is 12.7. The van der Waals surface area contributed by atoms with Gasteiger partial charge in [-0.25, -0.2) is 13.2 Å². The van der Waals surface area contributed by atoms with E-state index in [2.05, 4.69) is 5.32 Å². The number of likely N-dealkylation sites (tertiary alicyclic amines) is 1. The van der Waals surface area contributed by atoms with Crippen molar-refractivity contribution in [1.82, 2.24) is 14.8 Å². The standard InChI is InChI=1S/C29H28F3N3O5/c1-17-8-9-26(37)25(14-34(17)16-36)35-13-22(29(39)33-12-21-23(31)10-20(30)11-24(21)32)27(38)28(18(35)2)40-15-19-6-4-3-5-7-19/h3-7,10-11,13,16-17,25H,8-9,12,14-15H2,1-2H3,(H,33,39). The zero-order chi connectivity index (χ0) is 29.0. The van der Waals surface area contributed by atoms with Crippen molar-refractivity contribution in [2.24, 2.45) is 0 Å². The molecule has 2 heterocycles. The molecular formula is C29H28F3N3O5. The minimum atomic E-state index is -1.20. The molecule has 2 atom stereocenters. The van der Waals surface area contributed by atoms with Crippen molar-refractivity contribution in [2.45, 2.75) is 51.9 Å². The van der Waals surface area contributed by atoms with E-state index in [-0.39, 0.29) is 42.8 Å². The molecule has 0 saturated carbocycles. The summed E-state index contributed by atoms with van der Waals surface area (Å²) in [5.74, 6) is -4.86. The summed E-state index contributed by atoms with van der Waals surface area (Å²) in [5.41, 5.74) is -0.788. The molecule has 40 heavy (non-hydrogen) atoms. The first kappa shape index (κ1) is 28.6. The lowest BCUT2D eigenvalue weighted by molar-refractivity contribution is -0.123. The smallest absolute Gasteiger partial charge is 0.257 e. The van der Waals surface area contributed by atoms with Crippen molar-refractivity contribution < 1.29 is 32.3 Å². The molecule has 1 aliphatic heterocycles. The molecule has 1 aromatic heterocycles. The summed E-state index contributed by atoms with van der Waals surface area (Å²) in [7, 11) is 0. The van der Waals surface area contributed by atoms with Crippen LogP contribution in [0.2, 0.25) is 0 Å². The van der Waals surface area contributed by atoms with Crippen molar-refractivity contribution >= 4 is 18.1 Å². The predicted octanol–water partition coefficient (Wildman–Crippen LogP) is 3.83. The topological polar surface area (TPSA) is 97.7 Å². The number of pyridine rings is 1. The van der Waals surface area contributed by atoms with Crippen LogP contribution in [-0.4, -0.2) is 40.2 Å². The number of Topliss-reactive ketones (excluding diaryl/α,β-unsaturated/α-hetero) is 1. The number of carbonyl (C=O) groups excluding carboxylic acids is 3. The van der Waals surface area contributed by atoms with Crippen molar-refractivity contribution in [2.75, 3.05) is 6.54 Å². The average Bonchev–Trinajstić information content (AvgIpc) is 3.06. The molecule has 0 aliphatic carbocycles. The first-order chi connectivity index (χ1) is 19.1. The van der Waals surface area contributed by atoms with Crippen LogP contribution in [0.4, 0.5) is 13.2 Å². The van der Waals surface area contributed by atoms with E-state index in [0.717, 1.165) is 5.56 Å². The fraction of sp³-hybridized carbons (Fsp3) is 0.310. The maximum absolute atomic E-state index is 14.1. The van der Waals surface area contributed by atoms with Crippen LogP contribution in [0.25, 0.3) is 0 Å². The molecule has 1 fully saturated rings. The Morgan fingerprint density at radius 1 is 1.12 bits per heavy atom. The molecule has 1 aliphatic rings. The molecule has 0 radical (unpaired) electrons. The molecule has 3 aromatic rings. The number of carbonyl (C=O) groups is 3. The molecule has 2 aromatic carbocycles. The monoisotopic (exact) mass is 555 g/mol. The van der Waals surface area contributed by atoms with E-state index < -0.39 is 52.5 Å². The Hall–Kier alpha value is -4.41. The van der Waals surface area contributed by atoms with E-state index in [9.17, 15) is 32.3 Å². The van der Waals surface area contributed by atoms with Gasteiger partial charge in [-0.15, -0.1) is 0 Å². The molecule has 1 saturated heterocycles. The highest BCUT2D eigenvalue weighted by Gasteiger charge is 2.32. The third kappa shape index (κ3) is 6.08. The number of ether oxygens (including phenoxy) is 1. The number of halogens is 3. The number of aromatic nitrogens is 1. The average molecular weight is 556 g/mol. The van der Waals surface area contributed by atoms with Crippen LogP contribution in [0.5, 0.6) is 5.75 Å². The molecule has 2 unspecified atom stereocenters. The molecule has 2 amide bonds. The van der Waals surface area contributed by atoms with Gasteiger partial charge in [0.25, 0.3) is 5.91 Å². The minimum absolute atomic E-state index is 0.00982. The van der Waals surface area contributed by atoms with Gasteiger partial charge in [-0.2, -0.15) is 0 Å². The van der Waals surface area contributed by atoms with Crippen LogP contribution >= 0.6 is 0 Å². The van der Waals surface area contributed by atoms with Gasteiger partial charge >= 0.3 is 0 Å². The Bertz CT molecular complexity index is 1470. The fourth-order valence-corrected chi connectivity index (χ4v) is 4.64. The molecular weight excluding hydrogens is 527 g/mol. The van der Waals surface area contributed by atoms with E-state index in [0.29, 0.717) is 25.0 Å². The van der Waals surface area contributed by atoms with Gasteiger partial charge in [0.15, 0.2) is 11.5 Å². The number of hydrogen-bond acceptors (Lipinski definition) is 5. The van der Waals surface area contributed by atoms with Crippen molar-refractivity contribution in [3.63, 3.8) is 0 Å². The van der Waals surface area contributed by atoms with E-state index in [1.807, 2.05) is 13.0 Å². The van der Waals surface area contributed by atoms with Crippen LogP contribution in [0.1, 0.15) is 53.0 Å². The zero-order valence-electron chi connectivity index (χ0n) is 22.0. The molecule has 210 valence electrons. The van der Waals surface area contributed by atoms with Crippen molar-refractivity contribution in [1.29, 1.82) is 0 Å². The summed E-state index contributed by atoms with van der Waals surface area (Å²) < 4.78 is 48.8. The highest BCUT2D eigenvalue weighted by atomic mass is 19.1. The molecule has 11 heteroatoms. The summed E-state index contributed by atoms with van der Waals surface area (Å²) in [5, 5.41) is 2.30. The largest absolute Gasteiger partial charge is 0.483 e. The van der Waals surface area contributed by atoms with Gasteiger partial charge in [0.1, 0.15) is 35.7 Å². The number of rotatable bonds is 8. The summed E-state index contributed by atoms with van der Waals surface area (Å²) in [6.45, 7) is 2.73. The SMILES string of the molecule is Cc1c(OCc2ccccc2)c(=O)c(C(=O)NCc2c(F)cc(F)cc2F)cn1C1CN(C=O)C(C)CCC1=O. The van der Waals surface area contributed by atoms with Gasteiger partial charge in [-0.1, -0.05) is 30.3 Å². The Morgan fingerprint density at radius 3 is 2.45 bits per heavy atom. The number of hydrogen-bond donors (Lipinski definition) is 1. The Balaban J connectivity index is 1.74. The molecule has 0 bridgehead atoms. The molecule has 8 nitrogen and oxygen atoms in total. The number of nitrogens with one attached hydrogen (secondary N) is 1. The van der Waals surface area contributed by atoms with E-state index in [1.54, 1.807) is 31.2 Å². The number of ketones is 1. The molecule has 1 N–H and O–H groups in total. The lowest BCUT2D eigenvalue weighted by atomic mass is 10.1. The van der Waals surface area contributed by atoms with Crippen LogP contribution in [0.15, 0.2) is 53.5 Å². The van der Waals surface area contributed by atoms with Crippen LogP contribution < -0.4 is 15.5 Å². The number of benzene rings is 2. The summed E-state index contributed by atoms with van der Waals surface area (Å²) in [6.07, 6.45) is 2.47. The zero-order valence-corrected chi connectivity index (χ0v) is 22.0. The Morgan fingerprint density at radius 2 is 1.80 bits per heavy atom. The summed E-state index contributed by atoms with van der Waals surface area (Å²) >= 11 is 0. The lowest BCUT2D eigenvalue weighted by Crippen LogP contribution is -2.38. The van der Waals surface area contributed by atoms with Crippen molar-refractivity contribution in [3.8, 4) is 5.75 Å². The Kier molecular flexibility index (Phi) is 8.71. The predicted molar refractivity (Wildman–Crippen MR) is 139 cm³/mol. The van der Waals surface area contributed by atoms with E-state index in [1.165, 1.54) is 15.7 Å². The summed E-state index contributed by atoms with van der Waals surface area (Å²) in [6, 6.07) is 8.84. The van der Waals surface area contributed by atoms with E-state index >= 15 is 0 Å². The van der Waals surface area contributed by atoms with Crippen LogP contribution in [0.3, 0.4) is 0 Å². The number of amides is 2. The van der Waals surface area contributed by atoms with Gasteiger partial charge in [-0.3, -0.25) is 19.2 Å². The third-order valence-electron chi connectivity index (χ3n) is 7.04. The van der Waals surface area contributed by atoms with Crippen LogP contribution in [-0.2, 0) is 22.7 Å². The second-order valence-electron chi connectivity index (χ2n) is 9.67. The van der Waals surface area contributed by atoms with Gasteiger partial charge in [0.2, 0.25) is 11.8 Å². The third-order valence-corrected chi connectivity index (χ3v) is 7.04. The maximum Gasteiger partial charge on any atom is 0.257 e. The van der Waals surface area contributed by atoms with Gasteiger partial charge in [-0.05, 0) is 25.8 Å². The normalized spacial score (nSPS) is 17.3. The fourth-order valence-electron chi connectivity index (χ4n) is 4.64. The lowest BCUT2D eigenvalue weighted by Gasteiger charge is -2.28. The highest BCUT2D eigenvalue weighted by molar-refractivity contribution is 5.94. The van der Waals surface area contributed by atoms with Gasteiger partial charge in [0.05, 0.1) is 5.69 Å². The Labute approximate surface area is 228 Å².